The minimum atomic E-state index is -1.97. The average molecular weight is 556 g/mol. The Hall–Kier alpha value is -2.62. The van der Waals surface area contributed by atoms with E-state index in [0.29, 0.717) is 11.1 Å². The van der Waals surface area contributed by atoms with Gasteiger partial charge in [-0.3, -0.25) is 33.8 Å². The maximum Gasteiger partial charge on any atom is 0.305 e. The molecule has 190 valence electrons. The normalized spacial score (nSPS) is 35.5. The number of fused-ring (bicyclic) bond motifs is 4. The van der Waals surface area contributed by atoms with Crippen molar-refractivity contribution < 1.29 is 34.2 Å². The second kappa shape index (κ2) is 8.19. The van der Waals surface area contributed by atoms with Crippen molar-refractivity contribution in [1.29, 1.82) is 0 Å². The van der Waals surface area contributed by atoms with Gasteiger partial charge in [-0.15, -0.1) is 23.2 Å². The quantitative estimate of drug-likeness (QED) is 0.331. The number of hydrogen-bond acceptors (Lipinski definition) is 6. The molecule has 4 aliphatic rings. The van der Waals surface area contributed by atoms with Gasteiger partial charge < -0.3 is 10.2 Å². The van der Waals surface area contributed by atoms with Crippen LogP contribution < -0.4 is 0 Å². The van der Waals surface area contributed by atoms with Gasteiger partial charge in [0.1, 0.15) is 5.75 Å². The summed E-state index contributed by atoms with van der Waals surface area (Å²) >= 11 is 20.5. The number of phenolic OH excluding ortho intramolecular Hbond substituents is 1. The number of amides is 4. The lowest BCUT2D eigenvalue weighted by molar-refractivity contribution is -0.143. The summed E-state index contributed by atoms with van der Waals surface area (Å²) in [5.41, 5.74) is 0.910. The van der Waals surface area contributed by atoms with E-state index in [1.807, 2.05) is 0 Å². The van der Waals surface area contributed by atoms with E-state index >= 15 is 0 Å². The minimum absolute atomic E-state index is 0.0921. The Balaban J connectivity index is 1.67. The number of carbonyl (C=O) groups excluding carboxylic acids is 4. The Kier molecular flexibility index (Phi) is 5.70. The van der Waals surface area contributed by atoms with Crippen LogP contribution in [0, 0.1) is 17.8 Å². The highest BCUT2D eigenvalue weighted by molar-refractivity contribution is 6.53. The first-order valence-electron chi connectivity index (χ1n) is 11.3. The van der Waals surface area contributed by atoms with Crippen molar-refractivity contribution >= 4 is 64.4 Å². The van der Waals surface area contributed by atoms with Crippen molar-refractivity contribution in [2.75, 3.05) is 13.6 Å². The molecule has 1 saturated carbocycles. The standard InChI is InChI=1S/C24H21Cl3N2O7/c1-28-21(35)23(26)9-14-11(4-5-13-17(14)20(34)29(19(13)33)7-6-16(31)32)18(24(23,27)22(28)36)12-3-2-10(30)8-15(12)25/h2-4,8,13-14,17-18,30H,5-7,9H2,1H3,(H,31,32). The number of alkyl halides is 2. The number of hydrogen-bond donors (Lipinski definition) is 2. The molecule has 1 aromatic carbocycles. The predicted octanol–water partition coefficient (Wildman–Crippen LogP) is 2.51. The summed E-state index contributed by atoms with van der Waals surface area (Å²) in [7, 11) is 1.28. The molecule has 0 spiro atoms. The monoisotopic (exact) mass is 554 g/mol. The van der Waals surface area contributed by atoms with E-state index in [1.165, 1.54) is 25.2 Å². The molecule has 2 heterocycles. The molecule has 9 nitrogen and oxygen atoms in total. The average Bonchev–Trinajstić information content (AvgIpc) is 3.13. The molecule has 5 rings (SSSR count). The third kappa shape index (κ3) is 3.12. The zero-order chi connectivity index (χ0) is 26.3. The summed E-state index contributed by atoms with van der Waals surface area (Å²) in [6, 6.07) is 4.15. The zero-order valence-electron chi connectivity index (χ0n) is 18.9. The highest BCUT2D eigenvalue weighted by atomic mass is 35.5. The Morgan fingerprint density at radius 3 is 2.44 bits per heavy atom. The first-order chi connectivity index (χ1) is 16.8. The number of carboxylic acids is 1. The van der Waals surface area contributed by atoms with Gasteiger partial charge >= 0.3 is 5.97 Å². The molecule has 36 heavy (non-hydrogen) atoms. The zero-order valence-corrected chi connectivity index (χ0v) is 21.2. The molecule has 6 atom stereocenters. The summed E-state index contributed by atoms with van der Waals surface area (Å²) in [6.45, 7) is -0.263. The van der Waals surface area contributed by atoms with Crippen LogP contribution in [0.1, 0.15) is 30.7 Å². The number of nitrogens with zero attached hydrogens (tertiary/aromatic N) is 2. The van der Waals surface area contributed by atoms with Gasteiger partial charge in [0, 0.05) is 24.5 Å². The first kappa shape index (κ1) is 25.0. The largest absolute Gasteiger partial charge is 0.508 e. The maximum absolute atomic E-state index is 13.4. The lowest BCUT2D eigenvalue weighted by Crippen LogP contribution is -2.60. The SMILES string of the molecule is CN1C(=O)C2(Cl)CC3C(=CCC4C(=O)N(CCC(=O)O)C(=O)C43)C(c3ccc(O)cc3Cl)C2(Cl)C1=O. The number of phenols is 1. The molecular formula is C24H21Cl3N2O7. The summed E-state index contributed by atoms with van der Waals surface area (Å²) in [4.78, 5) is 62.3. The summed E-state index contributed by atoms with van der Waals surface area (Å²) in [5, 5.41) is 19.0. The third-order valence-corrected chi connectivity index (χ3v) is 9.69. The van der Waals surface area contributed by atoms with Gasteiger partial charge in [-0.2, -0.15) is 0 Å². The Morgan fingerprint density at radius 1 is 1.11 bits per heavy atom. The molecule has 6 unspecified atom stereocenters. The second-order valence-electron chi connectivity index (χ2n) is 9.68. The van der Waals surface area contributed by atoms with E-state index in [2.05, 4.69) is 0 Å². The number of carbonyl (C=O) groups is 5. The number of allylic oxidation sites excluding steroid dienone is 2. The highest BCUT2D eigenvalue weighted by Gasteiger charge is 2.76. The molecular weight excluding hydrogens is 535 g/mol. The van der Waals surface area contributed by atoms with Gasteiger partial charge in [0.05, 0.1) is 18.3 Å². The van der Waals surface area contributed by atoms with Crippen molar-refractivity contribution in [1.82, 2.24) is 9.80 Å². The van der Waals surface area contributed by atoms with E-state index < -0.39 is 69.4 Å². The third-order valence-electron chi connectivity index (χ3n) is 7.95. The molecule has 12 heteroatoms. The van der Waals surface area contributed by atoms with Gasteiger partial charge in [-0.25, -0.2) is 0 Å². The van der Waals surface area contributed by atoms with Crippen LogP contribution in [0.2, 0.25) is 5.02 Å². The second-order valence-corrected chi connectivity index (χ2v) is 11.3. The van der Waals surface area contributed by atoms with Gasteiger partial charge in [0.2, 0.25) is 11.8 Å². The number of benzene rings is 1. The molecule has 2 aliphatic carbocycles. The lowest BCUT2D eigenvalue weighted by Gasteiger charge is -2.51. The Labute approximate surface area is 220 Å². The first-order valence-corrected chi connectivity index (χ1v) is 12.4. The number of imide groups is 2. The van der Waals surface area contributed by atoms with Gasteiger partial charge in [-0.1, -0.05) is 29.3 Å². The molecule has 0 bridgehead atoms. The van der Waals surface area contributed by atoms with Crippen LogP contribution in [-0.2, 0) is 24.0 Å². The smallest absolute Gasteiger partial charge is 0.305 e. The van der Waals surface area contributed by atoms with E-state index in [9.17, 15) is 29.1 Å². The van der Waals surface area contributed by atoms with Gasteiger partial charge in [0.25, 0.3) is 11.8 Å². The van der Waals surface area contributed by atoms with Crippen LogP contribution in [0.15, 0.2) is 29.8 Å². The number of aliphatic carboxylic acids is 1. The predicted molar refractivity (Wildman–Crippen MR) is 128 cm³/mol. The van der Waals surface area contributed by atoms with Crippen LogP contribution >= 0.6 is 34.8 Å². The highest BCUT2D eigenvalue weighted by Crippen LogP contribution is 2.65. The molecule has 1 aromatic rings. The number of aromatic hydroxyl groups is 1. The van der Waals surface area contributed by atoms with Crippen LogP contribution in [-0.4, -0.2) is 73.0 Å². The van der Waals surface area contributed by atoms with Crippen molar-refractivity contribution in [2.45, 2.75) is 34.9 Å². The molecule has 2 aliphatic heterocycles. The van der Waals surface area contributed by atoms with Crippen molar-refractivity contribution in [2.24, 2.45) is 17.8 Å². The molecule has 2 N–H and O–H groups in total. The Morgan fingerprint density at radius 2 is 1.81 bits per heavy atom. The van der Waals surface area contributed by atoms with Crippen LogP contribution in [0.3, 0.4) is 0 Å². The fourth-order valence-corrected chi connectivity index (χ4v) is 7.63. The van der Waals surface area contributed by atoms with Crippen LogP contribution in [0.5, 0.6) is 5.75 Å². The maximum atomic E-state index is 13.4. The minimum Gasteiger partial charge on any atom is -0.508 e. The number of halogens is 3. The fourth-order valence-electron chi connectivity index (χ4n) is 6.33. The van der Waals surface area contributed by atoms with Crippen LogP contribution in [0.25, 0.3) is 0 Å². The number of rotatable bonds is 4. The van der Waals surface area contributed by atoms with Gasteiger partial charge in [0.15, 0.2) is 9.75 Å². The molecule has 0 radical (unpaired) electrons. The van der Waals surface area contributed by atoms with Crippen LogP contribution in [0.4, 0.5) is 0 Å². The van der Waals surface area contributed by atoms with Gasteiger partial charge in [-0.05, 0) is 36.5 Å². The lowest BCUT2D eigenvalue weighted by atomic mass is 9.56. The van der Waals surface area contributed by atoms with E-state index in [-0.39, 0.29) is 30.2 Å². The molecule has 2 saturated heterocycles. The van der Waals surface area contributed by atoms with Crippen molar-refractivity contribution in [3.8, 4) is 5.75 Å². The number of likely N-dealkylation sites (tertiary alicyclic amines) is 2. The molecule has 4 amide bonds. The molecule has 0 aromatic heterocycles. The van der Waals surface area contributed by atoms with Crippen molar-refractivity contribution in [3.63, 3.8) is 0 Å². The van der Waals surface area contributed by atoms with E-state index in [0.717, 1.165) is 9.80 Å². The van der Waals surface area contributed by atoms with E-state index in [4.69, 9.17) is 39.9 Å². The van der Waals surface area contributed by atoms with E-state index in [1.54, 1.807) is 6.08 Å². The number of carboxylic acid groups (broad SMARTS) is 1. The summed E-state index contributed by atoms with van der Waals surface area (Å²) in [5.74, 6) is -7.09. The topological polar surface area (TPSA) is 132 Å². The Bertz CT molecular complexity index is 1280. The molecule has 3 fully saturated rings. The van der Waals surface area contributed by atoms with Crippen molar-refractivity contribution in [3.05, 3.63) is 40.4 Å². The summed E-state index contributed by atoms with van der Waals surface area (Å²) < 4.78 is 0. The fraction of sp³-hybridized carbons (Fsp3) is 0.458. The summed E-state index contributed by atoms with van der Waals surface area (Å²) in [6.07, 6.45) is 1.35.